The lowest BCUT2D eigenvalue weighted by Gasteiger charge is -2.33. The van der Waals surface area contributed by atoms with E-state index in [4.69, 9.17) is 28.7 Å². The summed E-state index contributed by atoms with van der Waals surface area (Å²) in [5, 5.41) is 0.956. The smallest absolute Gasteiger partial charge is 0.312 e. The Labute approximate surface area is 184 Å². The summed E-state index contributed by atoms with van der Waals surface area (Å²) in [6, 6.07) is 11.6. The van der Waals surface area contributed by atoms with Crippen LogP contribution in [0.1, 0.15) is 23.5 Å². The molecule has 164 valence electrons. The molecule has 0 bridgehead atoms. The van der Waals surface area contributed by atoms with Crippen molar-refractivity contribution in [3.63, 3.8) is 0 Å². The van der Waals surface area contributed by atoms with Crippen molar-refractivity contribution in [2.24, 2.45) is 0 Å². The van der Waals surface area contributed by atoms with Crippen molar-refractivity contribution in [2.45, 2.75) is 12.3 Å². The second-order valence-electron chi connectivity index (χ2n) is 8.03. The maximum Gasteiger partial charge on any atom is 0.312 e. The van der Waals surface area contributed by atoms with Gasteiger partial charge >= 0.3 is 5.97 Å². The minimum Gasteiger partial charge on any atom is -0.497 e. The fourth-order valence-electron chi connectivity index (χ4n) is 4.59. The van der Waals surface area contributed by atoms with Gasteiger partial charge in [-0.2, -0.15) is 0 Å². The lowest BCUT2D eigenvalue weighted by molar-refractivity contribution is -0.135. The van der Waals surface area contributed by atoms with E-state index in [0.717, 1.165) is 46.7 Å². The van der Waals surface area contributed by atoms with Gasteiger partial charge in [0.2, 0.25) is 6.79 Å². The maximum absolute atomic E-state index is 12.6. The van der Waals surface area contributed by atoms with Gasteiger partial charge in [-0.3, -0.25) is 4.79 Å². The van der Waals surface area contributed by atoms with Crippen LogP contribution in [0.5, 0.6) is 23.0 Å². The molecule has 1 fully saturated rings. The van der Waals surface area contributed by atoms with Crippen molar-refractivity contribution in [1.29, 1.82) is 0 Å². The van der Waals surface area contributed by atoms with Crippen molar-refractivity contribution >= 4 is 22.7 Å². The summed E-state index contributed by atoms with van der Waals surface area (Å²) in [6.45, 7) is 2.93. The van der Waals surface area contributed by atoms with E-state index in [2.05, 4.69) is 11.0 Å². The van der Waals surface area contributed by atoms with E-state index in [1.165, 1.54) is 0 Å². The zero-order valence-electron chi connectivity index (χ0n) is 17.6. The zero-order valence-corrected chi connectivity index (χ0v) is 17.6. The van der Waals surface area contributed by atoms with Crippen molar-refractivity contribution in [3.8, 4) is 23.0 Å². The van der Waals surface area contributed by atoms with Gasteiger partial charge in [0.25, 0.3) is 0 Å². The van der Waals surface area contributed by atoms with Crippen LogP contribution in [0.4, 0.5) is 5.82 Å². The normalized spacial score (nSPS) is 19.6. The molecule has 1 saturated heterocycles. The minimum absolute atomic E-state index is 0.160. The third-order valence-electron chi connectivity index (χ3n) is 6.19. The van der Waals surface area contributed by atoms with E-state index in [-0.39, 0.29) is 25.1 Å². The Hall–Kier alpha value is -3.52. The number of fused-ring (bicyclic) bond motifs is 3. The van der Waals surface area contributed by atoms with Gasteiger partial charge in [-0.15, -0.1) is 0 Å². The molecule has 0 radical (unpaired) electrons. The number of hydrogen-bond donors (Lipinski definition) is 0. The number of benzene rings is 2. The summed E-state index contributed by atoms with van der Waals surface area (Å²) in [7, 11) is 1.65. The molecule has 4 heterocycles. The molecule has 1 unspecified atom stereocenters. The first-order valence-electron chi connectivity index (χ1n) is 10.7. The average Bonchev–Trinajstić information content (AvgIpc) is 3.29. The summed E-state index contributed by atoms with van der Waals surface area (Å²) >= 11 is 0. The molecular weight excluding hydrogens is 412 g/mol. The number of esters is 1. The van der Waals surface area contributed by atoms with Crippen LogP contribution in [-0.4, -0.2) is 51.2 Å². The third kappa shape index (κ3) is 3.18. The summed E-state index contributed by atoms with van der Waals surface area (Å²) in [5.41, 5.74) is 2.75. The quantitative estimate of drug-likeness (QED) is 0.459. The van der Waals surface area contributed by atoms with Crippen LogP contribution in [0.25, 0.3) is 10.9 Å². The largest absolute Gasteiger partial charge is 0.497 e. The van der Waals surface area contributed by atoms with Gasteiger partial charge in [-0.25, -0.2) is 4.98 Å². The minimum atomic E-state index is -0.278. The third-order valence-corrected chi connectivity index (χ3v) is 6.19. The monoisotopic (exact) mass is 434 g/mol. The molecule has 1 aromatic heterocycles. The molecule has 8 heteroatoms. The standard InChI is InChI=1S/C24H22N2O6/c1-28-15-2-3-19-14(8-15)9-18(24(25-19)26-4-6-29-7-5-26)16-11-23(27)32-20-12-22-21(10-17(16)20)30-13-31-22/h2-3,8-10,12,16H,4-7,11,13H2,1H3. The van der Waals surface area contributed by atoms with E-state index >= 15 is 0 Å². The van der Waals surface area contributed by atoms with Crippen LogP contribution >= 0.6 is 0 Å². The van der Waals surface area contributed by atoms with E-state index in [1.54, 1.807) is 13.2 Å². The Balaban J connectivity index is 1.55. The van der Waals surface area contributed by atoms with Crippen molar-refractivity contribution < 1.29 is 28.5 Å². The predicted octanol–water partition coefficient (Wildman–Crippen LogP) is 3.25. The number of nitrogens with zero attached hydrogens (tertiary/aromatic N) is 2. The first kappa shape index (κ1) is 19.2. The molecule has 8 nitrogen and oxygen atoms in total. The van der Waals surface area contributed by atoms with Crippen LogP contribution in [0, 0.1) is 0 Å². The van der Waals surface area contributed by atoms with Crippen LogP contribution < -0.4 is 23.8 Å². The van der Waals surface area contributed by atoms with Gasteiger partial charge in [0.15, 0.2) is 11.5 Å². The second kappa shape index (κ2) is 7.56. The van der Waals surface area contributed by atoms with Crippen molar-refractivity contribution in [2.75, 3.05) is 45.1 Å². The summed E-state index contributed by atoms with van der Waals surface area (Å²) in [4.78, 5) is 19.9. The van der Waals surface area contributed by atoms with Crippen molar-refractivity contribution in [1.82, 2.24) is 4.98 Å². The highest BCUT2D eigenvalue weighted by atomic mass is 16.7. The number of ether oxygens (including phenoxy) is 5. The molecular formula is C24H22N2O6. The highest BCUT2D eigenvalue weighted by molar-refractivity contribution is 5.85. The molecule has 32 heavy (non-hydrogen) atoms. The van der Waals surface area contributed by atoms with E-state index in [1.807, 2.05) is 24.3 Å². The number of carbonyl (C=O) groups excluding carboxylic acids is 1. The lowest BCUT2D eigenvalue weighted by atomic mass is 9.85. The number of anilines is 1. The number of pyridine rings is 1. The van der Waals surface area contributed by atoms with Crippen LogP contribution in [0.2, 0.25) is 0 Å². The van der Waals surface area contributed by atoms with Gasteiger partial charge in [-0.1, -0.05) is 0 Å². The second-order valence-corrected chi connectivity index (χ2v) is 8.03. The highest BCUT2D eigenvalue weighted by Gasteiger charge is 2.34. The van der Waals surface area contributed by atoms with E-state index in [9.17, 15) is 4.79 Å². The first-order valence-corrected chi connectivity index (χ1v) is 10.7. The molecule has 1 atom stereocenters. The lowest BCUT2D eigenvalue weighted by Crippen LogP contribution is -2.38. The van der Waals surface area contributed by atoms with Gasteiger partial charge in [-0.05, 0) is 30.3 Å². The summed E-state index contributed by atoms with van der Waals surface area (Å²) in [5.74, 6) is 2.89. The highest BCUT2D eigenvalue weighted by Crippen LogP contribution is 2.48. The average molecular weight is 434 g/mol. The van der Waals surface area contributed by atoms with E-state index in [0.29, 0.717) is 30.5 Å². The number of aromatic nitrogens is 1. The van der Waals surface area contributed by atoms with Crippen LogP contribution in [0.15, 0.2) is 36.4 Å². The van der Waals surface area contributed by atoms with Crippen LogP contribution in [-0.2, 0) is 9.53 Å². The molecule has 3 aliphatic rings. The Morgan fingerprint density at radius 1 is 1.00 bits per heavy atom. The topological polar surface area (TPSA) is 79.4 Å². The molecule has 0 spiro atoms. The number of methoxy groups -OCH3 is 1. The number of morpholine rings is 1. The van der Waals surface area contributed by atoms with Crippen molar-refractivity contribution in [3.05, 3.63) is 47.5 Å². The zero-order chi connectivity index (χ0) is 21.7. The first-order chi connectivity index (χ1) is 15.7. The number of rotatable bonds is 3. The molecule has 0 N–H and O–H groups in total. The van der Waals surface area contributed by atoms with Crippen LogP contribution in [0.3, 0.4) is 0 Å². The fourth-order valence-corrected chi connectivity index (χ4v) is 4.59. The molecule has 3 aromatic rings. The molecule has 6 rings (SSSR count). The molecule has 0 aliphatic carbocycles. The van der Waals surface area contributed by atoms with Gasteiger partial charge in [0, 0.05) is 41.6 Å². The maximum atomic E-state index is 12.6. The van der Waals surface area contributed by atoms with E-state index < -0.39 is 0 Å². The van der Waals surface area contributed by atoms with Gasteiger partial charge < -0.3 is 28.6 Å². The Morgan fingerprint density at radius 2 is 1.81 bits per heavy atom. The molecule has 2 aromatic carbocycles. The SMILES string of the molecule is COc1ccc2nc(N3CCOCC3)c(C3CC(=O)Oc4cc5c(cc43)OCO5)cc2c1. The summed E-state index contributed by atoms with van der Waals surface area (Å²) < 4.78 is 27.6. The van der Waals surface area contributed by atoms with Gasteiger partial charge in [0.1, 0.15) is 17.3 Å². The molecule has 0 amide bonds. The Kier molecular flexibility index (Phi) is 4.53. The summed E-state index contributed by atoms with van der Waals surface area (Å²) in [6.07, 6.45) is 0.223. The van der Waals surface area contributed by atoms with Gasteiger partial charge in [0.05, 0.1) is 32.3 Å². The fraction of sp³-hybridized carbons (Fsp3) is 0.333. The Bertz CT molecular complexity index is 1220. The Morgan fingerprint density at radius 3 is 2.62 bits per heavy atom. The molecule has 3 aliphatic heterocycles. The number of hydrogen-bond acceptors (Lipinski definition) is 8. The predicted molar refractivity (Wildman–Crippen MR) is 116 cm³/mol. The molecule has 0 saturated carbocycles. The number of carbonyl (C=O) groups is 1.